The Labute approximate surface area is 225 Å². The molecule has 214 valence electrons. The molecule has 36 heavy (non-hydrogen) atoms. The molecule has 0 radical (unpaired) electrons. The number of unbranched alkanes of at least 4 members (excludes halogenated alkanes) is 4. The number of carbonyl (C=O) groups excluding carboxylic acids is 2. The Morgan fingerprint density at radius 2 is 0.861 bits per heavy atom. The van der Waals surface area contributed by atoms with Gasteiger partial charge in [-0.15, -0.1) is 0 Å². The average molecular weight is 511 g/mol. The summed E-state index contributed by atoms with van der Waals surface area (Å²) in [5.41, 5.74) is 0. The summed E-state index contributed by atoms with van der Waals surface area (Å²) in [5, 5.41) is 0. The molecule has 0 saturated carbocycles. The highest BCUT2D eigenvalue weighted by Gasteiger charge is 2.38. The largest absolute Gasteiger partial charge is 0.465 e. The summed E-state index contributed by atoms with van der Waals surface area (Å²) < 4.78 is 11.6. The predicted octanol–water partition coefficient (Wildman–Crippen LogP) is 9.39. The molecule has 2 unspecified atom stereocenters. The Bertz CT molecular complexity index is 486. The summed E-state index contributed by atoms with van der Waals surface area (Å²) in [6.07, 6.45) is 14.2. The standard InChI is InChI=1S/C32H62O4/c1-9-27(10-2)23-29(31(33)35-21-17-13-15-19-25(5)6)30(24-28(11-3)12-4)32(34)36-22-18-14-16-20-26(7)8/h25-30H,9-24H2,1-8H3. The van der Waals surface area contributed by atoms with Gasteiger partial charge in [-0.1, -0.05) is 120 Å². The summed E-state index contributed by atoms with van der Waals surface area (Å²) in [5.74, 6) is 1.08. The molecular weight excluding hydrogens is 448 g/mol. The second kappa shape index (κ2) is 22.0. The van der Waals surface area contributed by atoms with Crippen LogP contribution >= 0.6 is 0 Å². The molecule has 0 aromatic carbocycles. The lowest BCUT2D eigenvalue weighted by Gasteiger charge is -2.29. The van der Waals surface area contributed by atoms with Gasteiger partial charge in [0, 0.05) is 0 Å². The smallest absolute Gasteiger partial charge is 0.309 e. The second-order valence-electron chi connectivity index (χ2n) is 11.9. The van der Waals surface area contributed by atoms with E-state index in [-0.39, 0.29) is 11.9 Å². The van der Waals surface area contributed by atoms with Gasteiger partial charge in [0.15, 0.2) is 0 Å². The molecule has 0 N–H and O–H groups in total. The minimum atomic E-state index is -0.403. The van der Waals surface area contributed by atoms with E-state index in [1.54, 1.807) is 0 Å². The summed E-state index contributed by atoms with van der Waals surface area (Å²) >= 11 is 0. The van der Waals surface area contributed by atoms with E-state index in [0.717, 1.165) is 51.4 Å². The van der Waals surface area contributed by atoms with E-state index >= 15 is 0 Å². The van der Waals surface area contributed by atoms with Crippen LogP contribution in [0.2, 0.25) is 0 Å². The predicted molar refractivity (Wildman–Crippen MR) is 153 cm³/mol. The molecule has 0 rings (SSSR count). The van der Waals surface area contributed by atoms with E-state index in [1.807, 2.05) is 0 Å². The Kier molecular flexibility index (Phi) is 21.3. The molecule has 0 heterocycles. The van der Waals surface area contributed by atoms with Crippen LogP contribution in [0.1, 0.15) is 145 Å². The number of hydrogen-bond donors (Lipinski definition) is 0. The fourth-order valence-corrected chi connectivity index (χ4v) is 5.03. The fraction of sp³-hybridized carbons (Fsp3) is 0.938. The second-order valence-corrected chi connectivity index (χ2v) is 11.9. The third-order valence-electron chi connectivity index (χ3n) is 7.92. The Balaban J connectivity index is 5.30. The van der Waals surface area contributed by atoms with Crippen LogP contribution in [0.3, 0.4) is 0 Å². The highest BCUT2D eigenvalue weighted by molar-refractivity contribution is 5.82. The van der Waals surface area contributed by atoms with E-state index in [9.17, 15) is 9.59 Å². The first kappa shape index (κ1) is 34.9. The lowest BCUT2D eigenvalue weighted by atomic mass is 9.77. The number of esters is 2. The van der Waals surface area contributed by atoms with Crippen molar-refractivity contribution in [1.29, 1.82) is 0 Å². The molecule has 0 bridgehead atoms. The minimum absolute atomic E-state index is 0.185. The van der Waals surface area contributed by atoms with E-state index in [4.69, 9.17) is 9.47 Å². The highest BCUT2D eigenvalue weighted by atomic mass is 16.5. The highest BCUT2D eigenvalue weighted by Crippen LogP contribution is 2.33. The summed E-state index contributed by atoms with van der Waals surface area (Å²) in [6.45, 7) is 18.6. The summed E-state index contributed by atoms with van der Waals surface area (Å²) in [7, 11) is 0. The molecule has 4 nitrogen and oxygen atoms in total. The SMILES string of the molecule is CCC(CC)CC(C(=O)OCCCCCC(C)C)C(CC(CC)CC)C(=O)OCCCCCC(C)C. The van der Waals surface area contributed by atoms with Crippen LogP contribution in [0.15, 0.2) is 0 Å². The summed E-state index contributed by atoms with van der Waals surface area (Å²) in [4.78, 5) is 26.8. The number of rotatable bonds is 23. The van der Waals surface area contributed by atoms with E-state index < -0.39 is 11.8 Å². The zero-order valence-corrected chi connectivity index (χ0v) is 25.4. The van der Waals surface area contributed by atoms with Gasteiger partial charge < -0.3 is 9.47 Å². The Morgan fingerprint density at radius 1 is 0.528 bits per heavy atom. The van der Waals surface area contributed by atoms with E-state index in [0.29, 0.717) is 49.7 Å². The average Bonchev–Trinajstić information content (AvgIpc) is 2.85. The van der Waals surface area contributed by atoms with Crippen LogP contribution in [0.25, 0.3) is 0 Å². The van der Waals surface area contributed by atoms with Gasteiger partial charge in [0.05, 0.1) is 25.0 Å². The van der Waals surface area contributed by atoms with Gasteiger partial charge in [-0.2, -0.15) is 0 Å². The third-order valence-corrected chi connectivity index (χ3v) is 7.92. The monoisotopic (exact) mass is 510 g/mol. The van der Waals surface area contributed by atoms with Crippen molar-refractivity contribution in [1.82, 2.24) is 0 Å². The van der Waals surface area contributed by atoms with Crippen LogP contribution < -0.4 is 0 Å². The van der Waals surface area contributed by atoms with Crippen molar-refractivity contribution in [3.63, 3.8) is 0 Å². The molecule has 0 spiro atoms. The molecule has 0 fully saturated rings. The molecule has 0 aromatic heterocycles. The molecule has 0 aromatic rings. The molecule has 0 aliphatic carbocycles. The lowest BCUT2D eigenvalue weighted by molar-refractivity contribution is -0.162. The van der Waals surface area contributed by atoms with Gasteiger partial charge in [-0.05, 0) is 49.4 Å². The first-order chi connectivity index (χ1) is 17.2. The molecule has 2 atom stereocenters. The first-order valence-electron chi connectivity index (χ1n) is 15.5. The topological polar surface area (TPSA) is 52.6 Å². The first-order valence-corrected chi connectivity index (χ1v) is 15.5. The zero-order valence-electron chi connectivity index (χ0n) is 25.4. The van der Waals surface area contributed by atoms with E-state index in [1.165, 1.54) is 25.7 Å². The third kappa shape index (κ3) is 16.6. The van der Waals surface area contributed by atoms with Crippen LogP contribution in [-0.2, 0) is 19.1 Å². The molecule has 0 saturated heterocycles. The van der Waals surface area contributed by atoms with Crippen molar-refractivity contribution in [2.45, 2.75) is 145 Å². The number of carbonyl (C=O) groups is 2. The van der Waals surface area contributed by atoms with Gasteiger partial charge in [0.25, 0.3) is 0 Å². The molecule has 4 heteroatoms. The van der Waals surface area contributed by atoms with Gasteiger partial charge in [-0.25, -0.2) is 0 Å². The van der Waals surface area contributed by atoms with Crippen molar-refractivity contribution in [3.05, 3.63) is 0 Å². The van der Waals surface area contributed by atoms with Gasteiger partial charge in [0.2, 0.25) is 0 Å². The van der Waals surface area contributed by atoms with Crippen molar-refractivity contribution in [2.75, 3.05) is 13.2 Å². The quantitative estimate of drug-likeness (QED) is 0.101. The van der Waals surface area contributed by atoms with Crippen LogP contribution in [-0.4, -0.2) is 25.2 Å². The normalized spacial score (nSPS) is 13.6. The van der Waals surface area contributed by atoms with Gasteiger partial charge in [0.1, 0.15) is 0 Å². The maximum Gasteiger partial charge on any atom is 0.309 e. The van der Waals surface area contributed by atoms with Crippen LogP contribution in [0.5, 0.6) is 0 Å². The van der Waals surface area contributed by atoms with Crippen LogP contribution in [0.4, 0.5) is 0 Å². The van der Waals surface area contributed by atoms with E-state index in [2.05, 4.69) is 55.4 Å². The van der Waals surface area contributed by atoms with Crippen molar-refractivity contribution < 1.29 is 19.1 Å². The van der Waals surface area contributed by atoms with Gasteiger partial charge >= 0.3 is 11.9 Å². The van der Waals surface area contributed by atoms with Crippen molar-refractivity contribution in [3.8, 4) is 0 Å². The minimum Gasteiger partial charge on any atom is -0.465 e. The maximum atomic E-state index is 13.4. The maximum absolute atomic E-state index is 13.4. The van der Waals surface area contributed by atoms with Crippen molar-refractivity contribution in [2.24, 2.45) is 35.5 Å². The molecular formula is C32H62O4. The molecule has 0 aliphatic rings. The Hall–Kier alpha value is -1.06. The van der Waals surface area contributed by atoms with Crippen molar-refractivity contribution >= 4 is 11.9 Å². The lowest BCUT2D eigenvalue weighted by Crippen LogP contribution is -2.35. The summed E-state index contributed by atoms with van der Waals surface area (Å²) in [6, 6.07) is 0. The fourth-order valence-electron chi connectivity index (χ4n) is 5.03. The number of hydrogen-bond acceptors (Lipinski definition) is 4. The van der Waals surface area contributed by atoms with Crippen LogP contribution in [0, 0.1) is 35.5 Å². The zero-order chi connectivity index (χ0) is 27.3. The molecule has 0 amide bonds. The number of ether oxygens (including phenoxy) is 2. The van der Waals surface area contributed by atoms with Gasteiger partial charge in [-0.3, -0.25) is 9.59 Å². The Morgan fingerprint density at radius 3 is 1.14 bits per heavy atom. The molecule has 0 aliphatic heterocycles.